The Bertz CT molecular complexity index is 1040. The zero-order valence-corrected chi connectivity index (χ0v) is 18.1. The predicted octanol–water partition coefficient (Wildman–Crippen LogP) is 4.21. The van der Waals surface area contributed by atoms with Gasteiger partial charge in [-0.05, 0) is 56.2 Å². The number of nitrogens with one attached hydrogen (secondary N) is 1. The summed E-state index contributed by atoms with van der Waals surface area (Å²) in [4.78, 5) is 13.3. The summed E-state index contributed by atoms with van der Waals surface area (Å²) in [5.41, 5.74) is 7.95. The van der Waals surface area contributed by atoms with Crippen molar-refractivity contribution >= 4 is 35.1 Å². The number of rotatable bonds is 8. The number of benzene rings is 2. The molecule has 0 fully saturated rings. The molecule has 0 aliphatic carbocycles. The van der Waals surface area contributed by atoms with Gasteiger partial charge in [0.25, 0.3) is 0 Å². The number of halogens is 1. The first-order valence-electron chi connectivity index (χ1n) is 9.52. The van der Waals surface area contributed by atoms with Crippen LogP contribution in [0.25, 0.3) is 5.69 Å². The van der Waals surface area contributed by atoms with Crippen molar-refractivity contribution in [2.45, 2.75) is 29.9 Å². The average Bonchev–Trinajstić information content (AvgIpc) is 3.08. The van der Waals surface area contributed by atoms with Crippen LogP contribution in [0.2, 0.25) is 5.02 Å². The summed E-state index contributed by atoms with van der Waals surface area (Å²) in [6.07, 6.45) is 1.20. The summed E-state index contributed by atoms with van der Waals surface area (Å²) in [5.74, 6) is 0.292. The van der Waals surface area contributed by atoms with Gasteiger partial charge in [-0.25, -0.2) is 4.68 Å². The Labute approximate surface area is 185 Å². The molecule has 0 aliphatic heterocycles. The number of nitrogens with zero attached hydrogens (tertiary/aromatic N) is 3. The van der Waals surface area contributed by atoms with Crippen LogP contribution in [0.1, 0.15) is 24.6 Å². The van der Waals surface area contributed by atoms with Crippen LogP contribution in [0.3, 0.4) is 0 Å². The molecule has 8 heteroatoms. The molecule has 3 N–H and O–H groups in total. The lowest BCUT2D eigenvalue weighted by Gasteiger charge is -2.12. The highest BCUT2D eigenvalue weighted by molar-refractivity contribution is 8.00. The normalized spacial score (nSPS) is 11.6. The highest BCUT2D eigenvalue weighted by Crippen LogP contribution is 2.25. The van der Waals surface area contributed by atoms with E-state index in [-0.39, 0.29) is 11.2 Å². The Morgan fingerprint density at radius 1 is 1.27 bits per heavy atom. The molecule has 3 rings (SSSR count). The molecular formula is C22H22ClN5OS. The van der Waals surface area contributed by atoms with Gasteiger partial charge in [-0.1, -0.05) is 29.8 Å². The highest BCUT2D eigenvalue weighted by atomic mass is 35.5. The van der Waals surface area contributed by atoms with Gasteiger partial charge in [-0.2, -0.15) is 10.4 Å². The lowest BCUT2D eigenvalue weighted by Crippen LogP contribution is -2.31. The van der Waals surface area contributed by atoms with Crippen LogP contribution in [0.5, 0.6) is 0 Å². The molecule has 0 radical (unpaired) electrons. The van der Waals surface area contributed by atoms with Crippen LogP contribution in [-0.4, -0.2) is 27.5 Å². The number of anilines is 1. The molecule has 0 saturated heterocycles. The molecule has 1 atom stereocenters. The number of hydrogen-bond acceptors (Lipinski definition) is 5. The third-order valence-electron chi connectivity index (χ3n) is 4.49. The van der Waals surface area contributed by atoms with Crippen LogP contribution in [0, 0.1) is 11.3 Å². The van der Waals surface area contributed by atoms with Gasteiger partial charge < -0.3 is 11.1 Å². The van der Waals surface area contributed by atoms with E-state index in [0.29, 0.717) is 41.5 Å². The molecule has 154 valence electrons. The predicted molar refractivity (Wildman–Crippen MR) is 121 cm³/mol. The fraction of sp³-hybridized carbons (Fsp3) is 0.227. The van der Waals surface area contributed by atoms with E-state index in [1.165, 1.54) is 11.8 Å². The number of nitriles is 1. The zero-order chi connectivity index (χ0) is 21.5. The van der Waals surface area contributed by atoms with E-state index in [1.54, 1.807) is 4.68 Å². The van der Waals surface area contributed by atoms with Crippen molar-refractivity contribution in [3.8, 4) is 11.8 Å². The van der Waals surface area contributed by atoms with Crippen molar-refractivity contribution in [1.82, 2.24) is 15.1 Å². The van der Waals surface area contributed by atoms with Crippen molar-refractivity contribution in [2.24, 2.45) is 0 Å². The van der Waals surface area contributed by atoms with Crippen LogP contribution in [0.4, 0.5) is 5.82 Å². The SMILES string of the molecule is CC(Sc1ccc(Cl)cc1)C(=O)NCCCc1nn(-c2ccccc2)c(N)c1C#N. The minimum atomic E-state index is -0.228. The maximum atomic E-state index is 12.3. The van der Waals surface area contributed by atoms with Crippen molar-refractivity contribution in [1.29, 1.82) is 5.26 Å². The minimum Gasteiger partial charge on any atom is -0.382 e. The first-order chi connectivity index (χ1) is 14.5. The fourth-order valence-electron chi connectivity index (χ4n) is 2.92. The lowest BCUT2D eigenvalue weighted by atomic mass is 10.1. The molecule has 6 nitrogen and oxygen atoms in total. The summed E-state index contributed by atoms with van der Waals surface area (Å²) in [6, 6.07) is 19.0. The van der Waals surface area contributed by atoms with E-state index in [9.17, 15) is 10.1 Å². The fourth-order valence-corrected chi connectivity index (χ4v) is 3.94. The Morgan fingerprint density at radius 3 is 2.63 bits per heavy atom. The maximum Gasteiger partial charge on any atom is 0.233 e. The minimum absolute atomic E-state index is 0.0372. The topological polar surface area (TPSA) is 96.7 Å². The van der Waals surface area contributed by atoms with E-state index < -0.39 is 0 Å². The van der Waals surface area contributed by atoms with Crippen molar-refractivity contribution < 1.29 is 4.79 Å². The summed E-state index contributed by atoms with van der Waals surface area (Å²) in [6.45, 7) is 2.36. The number of carbonyl (C=O) groups is 1. The van der Waals surface area contributed by atoms with Gasteiger partial charge in [-0.15, -0.1) is 11.8 Å². The van der Waals surface area contributed by atoms with Crippen molar-refractivity contribution in [3.05, 3.63) is 70.9 Å². The largest absolute Gasteiger partial charge is 0.382 e. The highest BCUT2D eigenvalue weighted by Gasteiger charge is 2.17. The number of para-hydroxylation sites is 1. The second kappa shape index (κ2) is 10.2. The third-order valence-corrected chi connectivity index (χ3v) is 5.86. The molecule has 30 heavy (non-hydrogen) atoms. The third kappa shape index (κ3) is 5.35. The van der Waals surface area contributed by atoms with Crippen LogP contribution in [0.15, 0.2) is 59.5 Å². The number of nitrogen functional groups attached to an aromatic ring is 1. The van der Waals surface area contributed by atoms with Crippen molar-refractivity contribution in [2.75, 3.05) is 12.3 Å². The maximum absolute atomic E-state index is 12.3. The van der Waals surface area contributed by atoms with E-state index in [4.69, 9.17) is 17.3 Å². The van der Waals surface area contributed by atoms with E-state index in [2.05, 4.69) is 16.5 Å². The molecule has 0 aliphatic rings. The number of aromatic nitrogens is 2. The van der Waals surface area contributed by atoms with Gasteiger partial charge in [0.2, 0.25) is 5.91 Å². The first kappa shape index (κ1) is 21.8. The van der Waals surface area contributed by atoms with Crippen molar-refractivity contribution in [3.63, 3.8) is 0 Å². The van der Waals surface area contributed by atoms with Gasteiger partial charge >= 0.3 is 0 Å². The van der Waals surface area contributed by atoms with Gasteiger partial charge in [-0.3, -0.25) is 4.79 Å². The van der Waals surface area contributed by atoms with E-state index in [0.717, 1.165) is 10.6 Å². The van der Waals surface area contributed by atoms with Gasteiger partial charge in [0.15, 0.2) is 0 Å². The van der Waals surface area contributed by atoms with Gasteiger partial charge in [0.1, 0.15) is 17.5 Å². The van der Waals surface area contributed by atoms with E-state index >= 15 is 0 Å². The number of aryl methyl sites for hydroxylation is 1. The Balaban J connectivity index is 1.53. The van der Waals surface area contributed by atoms with Gasteiger partial charge in [0.05, 0.1) is 16.6 Å². The molecular weight excluding hydrogens is 418 g/mol. The van der Waals surface area contributed by atoms with Crippen LogP contribution >= 0.6 is 23.4 Å². The number of nitrogens with two attached hydrogens (primary N) is 1. The summed E-state index contributed by atoms with van der Waals surface area (Å²) < 4.78 is 1.58. The molecule has 3 aromatic rings. The molecule has 1 heterocycles. The number of thioether (sulfide) groups is 1. The Kier molecular flexibility index (Phi) is 7.39. The smallest absolute Gasteiger partial charge is 0.233 e. The molecule has 0 saturated carbocycles. The first-order valence-corrected chi connectivity index (χ1v) is 10.8. The summed E-state index contributed by atoms with van der Waals surface area (Å²) in [7, 11) is 0. The second-order valence-corrected chi connectivity index (χ2v) is 8.53. The number of hydrogen-bond donors (Lipinski definition) is 2. The Morgan fingerprint density at radius 2 is 1.97 bits per heavy atom. The molecule has 0 bridgehead atoms. The average molecular weight is 440 g/mol. The van der Waals surface area contributed by atoms with Gasteiger partial charge in [0, 0.05) is 16.5 Å². The molecule has 1 unspecified atom stereocenters. The zero-order valence-electron chi connectivity index (χ0n) is 16.5. The summed E-state index contributed by atoms with van der Waals surface area (Å²) >= 11 is 7.37. The van der Waals surface area contributed by atoms with E-state index in [1.807, 2.05) is 61.5 Å². The summed E-state index contributed by atoms with van der Waals surface area (Å²) in [5, 5.41) is 17.4. The van der Waals surface area contributed by atoms with Crippen LogP contribution in [-0.2, 0) is 11.2 Å². The van der Waals surface area contributed by atoms with Crippen LogP contribution < -0.4 is 11.1 Å². The molecule has 2 aromatic carbocycles. The Hall–Kier alpha value is -2.95. The number of amides is 1. The quantitative estimate of drug-likeness (QED) is 0.404. The second-order valence-electron chi connectivity index (χ2n) is 6.67. The lowest BCUT2D eigenvalue weighted by molar-refractivity contribution is -0.120. The monoisotopic (exact) mass is 439 g/mol. The molecule has 1 amide bonds. The number of carbonyl (C=O) groups excluding carboxylic acids is 1. The molecule has 1 aromatic heterocycles. The molecule has 0 spiro atoms. The standard InChI is InChI=1S/C22H22ClN5OS/c1-15(30-18-11-9-16(23)10-12-18)22(29)26-13-5-8-20-19(14-24)21(25)28(27-20)17-6-3-2-4-7-17/h2-4,6-7,9-12,15H,5,8,13,25H2,1H3,(H,26,29).